The Kier molecular flexibility index (Phi) is 5.58. The maximum Gasteiger partial charge on any atom is 0.141 e. The van der Waals surface area contributed by atoms with Crippen LogP contribution < -0.4 is 0 Å². The maximum absolute atomic E-state index is 9.13. The van der Waals surface area contributed by atoms with Crippen LogP contribution in [0.5, 0.6) is 0 Å². The molecule has 2 aromatic heterocycles. The van der Waals surface area contributed by atoms with Gasteiger partial charge in [-0.05, 0) is 31.5 Å². The Hall–Kier alpha value is -1.08. The number of thioether (sulfide) groups is 2. The molecule has 2 heterocycles. The Balaban J connectivity index is 1.91. The highest BCUT2D eigenvalue weighted by molar-refractivity contribution is 7.99. The largest absolute Gasteiger partial charge is 0.396 e. The quantitative estimate of drug-likeness (QED) is 0.509. The molecule has 1 aromatic carbocycles. The number of aryl methyl sites for hydroxylation is 2. The van der Waals surface area contributed by atoms with E-state index in [0.29, 0.717) is 5.75 Å². The zero-order chi connectivity index (χ0) is 16.2. The molecule has 0 bridgehead atoms. The van der Waals surface area contributed by atoms with Crippen LogP contribution in [0.1, 0.15) is 16.3 Å². The number of benzene rings is 1. The van der Waals surface area contributed by atoms with Crippen molar-refractivity contribution in [3.05, 3.63) is 46.6 Å². The summed E-state index contributed by atoms with van der Waals surface area (Å²) in [5.41, 5.74) is 1.26. The van der Waals surface area contributed by atoms with Gasteiger partial charge >= 0.3 is 0 Å². The molecule has 0 unspecified atom stereocenters. The van der Waals surface area contributed by atoms with Gasteiger partial charge in [-0.25, -0.2) is 9.97 Å². The summed E-state index contributed by atoms with van der Waals surface area (Å²) >= 11 is 5.08. The van der Waals surface area contributed by atoms with Crippen molar-refractivity contribution in [3.8, 4) is 0 Å². The number of hydrogen-bond acceptors (Lipinski definition) is 6. The van der Waals surface area contributed by atoms with Gasteiger partial charge in [0.15, 0.2) is 0 Å². The average Bonchev–Trinajstić information content (AvgIpc) is 2.86. The molecule has 0 saturated carbocycles. The molecule has 6 heteroatoms. The van der Waals surface area contributed by atoms with Crippen molar-refractivity contribution in [1.29, 1.82) is 0 Å². The Labute approximate surface area is 148 Å². The summed E-state index contributed by atoms with van der Waals surface area (Å²) in [5, 5.41) is 11.3. The lowest BCUT2D eigenvalue weighted by Gasteiger charge is -2.06. The molecule has 0 atom stereocenters. The number of aliphatic hydroxyl groups is 1. The summed E-state index contributed by atoms with van der Waals surface area (Å²) in [6.07, 6.45) is 0. The van der Waals surface area contributed by atoms with E-state index in [1.807, 2.05) is 18.2 Å². The summed E-state index contributed by atoms with van der Waals surface area (Å²) < 4.78 is 0. The van der Waals surface area contributed by atoms with Crippen LogP contribution in [0.3, 0.4) is 0 Å². The molecule has 120 valence electrons. The average molecular weight is 363 g/mol. The lowest BCUT2D eigenvalue weighted by molar-refractivity contribution is 0.322. The monoisotopic (exact) mass is 362 g/mol. The predicted molar refractivity (Wildman–Crippen MR) is 101 cm³/mol. The van der Waals surface area contributed by atoms with E-state index in [1.54, 1.807) is 34.9 Å². The van der Waals surface area contributed by atoms with Crippen molar-refractivity contribution in [2.24, 2.45) is 0 Å². The first kappa shape index (κ1) is 16.8. The molecule has 3 nitrogen and oxygen atoms in total. The molecule has 0 saturated heterocycles. The third-order valence-electron chi connectivity index (χ3n) is 3.48. The van der Waals surface area contributed by atoms with Crippen molar-refractivity contribution in [3.63, 3.8) is 0 Å². The fourth-order valence-corrected chi connectivity index (χ4v) is 4.97. The van der Waals surface area contributed by atoms with Crippen LogP contribution in [0.25, 0.3) is 10.2 Å². The summed E-state index contributed by atoms with van der Waals surface area (Å²) in [5.74, 6) is 2.27. The third kappa shape index (κ3) is 3.88. The van der Waals surface area contributed by atoms with E-state index in [2.05, 4.69) is 26.0 Å². The number of hydrogen-bond donors (Lipinski definition) is 1. The van der Waals surface area contributed by atoms with E-state index in [0.717, 1.165) is 26.8 Å². The topological polar surface area (TPSA) is 46.0 Å². The van der Waals surface area contributed by atoms with Gasteiger partial charge in [-0.1, -0.05) is 18.2 Å². The van der Waals surface area contributed by atoms with E-state index in [1.165, 1.54) is 15.3 Å². The second-order valence-corrected chi connectivity index (χ2v) is 8.42. The van der Waals surface area contributed by atoms with E-state index in [4.69, 9.17) is 15.1 Å². The van der Waals surface area contributed by atoms with Crippen molar-refractivity contribution in [1.82, 2.24) is 9.97 Å². The summed E-state index contributed by atoms with van der Waals surface area (Å²) in [4.78, 5) is 13.1. The van der Waals surface area contributed by atoms with Crippen molar-refractivity contribution < 1.29 is 5.11 Å². The molecule has 23 heavy (non-hydrogen) atoms. The highest BCUT2D eigenvalue weighted by Crippen LogP contribution is 2.35. The lowest BCUT2D eigenvalue weighted by Crippen LogP contribution is -1.97. The van der Waals surface area contributed by atoms with Gasteiger partial charge in [0.25, 0.3) is 0 Å². The molecule has 0 radical (unpaired) electrons. The lowest BCUT2D eigenvalue weighted by atomic mass is 10.2. The second-order valence-electron chi connectivity index (χ2n) is 5.08. The standard InChI is InChI=1S/C17H18N2OS3/c1-11-12(2)23-17-15(11)16(21-9-8-20)18-14(19-17)10-22-13-6-4-3-5-7-13/h3-7,20H,8-10H2,1-2H3. The molecule has 0 aliphatic heterocycles. The first-order valence-corrected chi connectivity index (χ1v) is 10.2. The molecule has 0 fully saturated rings. The van der Waals surface area contributed by atoms with Crippen LogP contribution in [0.4, 0.5) is 0 Å². The van der Waals surface area contributed by atoms with E-state index < -0.39 is 0 Å². The second kappa shape index (κ2) is 7.66. The fourth-order valence-electron chi connectivity index (χ4n) is 2.23. The van der Waals surface area contributed by atoms with Crippen LogP contribution in [0.15, 0.2) is 40.3 Å². The zero-order valence-corrected chi connectivity index (χ0v) is 15.5. The molecular formula is C17H18N2OS3. The van der Waals surface area contributed by atoms with Gasteiger partial charge in [0, 0.05) is 20.9 Å². The molecular weight excluding hydrogens is 344 g/mol. The van der Waals surface area contributed by atoms with E-state index in [9.17, 15) is 0 Å². The molecule has 1 N–H and O–H groups in total. The number of nitrogens with zero attached hydrogens (tertiary/aromatic N) is 2. The van der Waals surface area contributed by atoms with Gasteiger partial charge in [-0.15, -0.1) is 34.9 Å². The molecule has 0 aliphatic rings. The predicted octanol–water partition coefficient (Wildman–Crippen LogP) is 4.68. The number of thiophene rings is 1. The van der Waals surface area contributed by atoms with Gasteiger partial charge in [0.05, 0.1) is 12.4 Å². The summed E-state index contributed by atoms with van der Waals surface area (Å²) in [6, 6.07) is 10.3. The van der Waals surface area contributed by atoms with Crippen LogP contribution in [-0.2, 0) is 5.75 Å². The highest BCUT2D eigenvalue weighted by atomic mass is 32.2. The van der Waals surface area contributed by atoms with Crippen molar-refractivity contribution >= 4 is 45.1 Å². The molecule has 3 aromatic rings. The minimum Gasteiger partial charge on any atom is -0.396 e. The smallest absolute Gasteiger partial charge is 0.141 e. The molecule has 0 amide bonds. The molecule has 3 rings (SSSR count). The normalized spacial score (nSPS) is 11.3. The van der Waals surface area contributed by atoms with Crippen LogP contribution in [0.2, 0.25) is 0 Å². The minimum absolute atomic E-state index is 0.159. The number of rotatable bonds is 6. The third-order valence-corrected chi connectivity index (χ3v) is 6.55. The Bertz CT molecular complexity index is 802. The number of fused-ring (bicyclic) bond motifs is 1. The maximum atomic E-state index is 9.13. The zero-order valence-electron chi connectivity index (χ0n) is 13.1. The summed E-state index contributed by atoms with van der Waals surface area (Å²) in [7, 11) is 0. The minimum atomic E-state index is 0.159. The fraction of sp³-hybridized carbons (Fsp3) is 0.294. The van der Waals surface area contributed by atoms with Gasteiger partial charge < -0.3 is 5.11 Å². The number of aromatic nitrogens is 2. The van der Waals surface area contributed by atoms with Crippen LogP contribution in [0, 0.1) is 13.8 Å². The van der Waals surface area contributed by atoms with E-state index >= 15 is 0 Å². The first-order valence-electron chi connectivity index (χ1n) is 7.37. The van der Waals surface area contributed by atoms with E-state index in [-0.39, 0.29) is 6.61 Å². The first-order chi connectivity index (χ1) is 11.2. The molecule has 0 aliphatic carbocycles. The highest BCUT2D eigenvalue weighted by Gasteiger charge is 2.15. The van der Waals surface area contributed by atoms with Gasteiger partial charge in [-0.2, -0.15) is 0 Å². The Morgan fingerprint density at radius 2 is 1.87 bits per heavy atom. The van der Waals surface area contributed by atoms with Gasteiger partial charge in [0.2, 0.25) is 0 Å². The molecule has 0 spiro atoms. The van der Waals surface area contributed by atoms with Crippen LogP contribution >= 0.6 is 34.9 Å². The Morgan fingerprint density at radius 3 is 2.61 bits per heavy atom. The van der Waals surface area contributed by atoms with Crippen molar-refractivity contribution in [2.75, 3.05) is 12.4 Å². The van der Waals surface area contributed by atoms with Crippen LogP contribution in [-0.4, -0.2) is 27.4 Å². The Morgan fingerprint density at radius 1 is 1.09 bits per heavy atom. The number of aliphatic hydroxyl groups excluding tert-OH is 1. The SMILES string of the molecule is Cc1sc2nc(CSc3ccccc3)nc(SCCO)c2c1C. The summed E-state index contributed by atoms with van der Waals surface area (Å²) in [6.45, 7) is 4.41. The van der Waals surface area contributed by atoms with Gasteiger partial charge in [-0.3, -0.25) is 0 Å². The van der Waals surface area contributed by atoms with Gasteiger partial charge in [0.1, 0.15) is 15.7 Å². The van der Waals surface area contributed by atoms with Crippen molar-refractivity contribution in [2.45, 2.75) is 29.5 Å².